The van der Waals surface area contributed by atoms with Gasteiger partial charge in [0.25, 0.3) is 0 Å². The summed E-state index contributed by atoms with van der Waals surface area (Å²) < 4.78 is 59.2. The Kier molecular flexibility index (Phi) is 3.42. The van der Waals surface area contributed by atoms with Gasteiger partial charge in [-0.05, 0) is 13.3 Å². The molecule has 0 aromatic heterocycles. The molecule has 0 spiro atoms. The summed E-state index contributed by atoms with van der Waals surface area (Å²) in [5.41, 5.74) is 0. The molecule has 1 rings (SSSR count). The van der Waals surface area contributed by atoms with Gasteiger partial charge in [-0.2, -0.15) is 13.2 Å². The van der Waals surface area contributed by atoms with E-state index in [4.69, 9.17) is 0 Å². The molecular weight excluding hydrogens is 240 g/mol. The van der Waals surface area contributed by atoms with Crippen LogP contribution in [-0.2, 0) is 22.9 Å². The number of carbonyl (C=O) groups excluding carboxylic acids is 1. The van der Waals surface area contributed by atoms with Crippen molar-refractivity contribution in [1.29, 1.82) is 0 Å². The van der Waals surface area contributed by atoms with E-state index in [0.29, 0.717) is 6.42 Å². The van der Waals surface area contributed by atoms with Crippen LogP contribution >= 0.6 is 7.82 Å². The van der Waals surface area contributed by atoms with Gasteiger partial charge >= 0.3 is 20.0 Å². The van der Waals surface area contributed by atoms with Gasteiger partial charge in [-0.25, -0.2) is 9.36 Å². The molecule has 0 saturated carbocycles. The molecule has 0 unspecified atom stereocenters. The maximum Gasteiger partial charge on any atom is 0.532 e. The second kappa shape index (κ2) is 4.11. The molecule has 1 aliphatic heterocycles. The summed E-state index contributed by atoms with van der Waals surface area (Å²) in [6.45, 7) is 1.40. The lowest BCUT2D eigenvalue weighted by molar-refractivity contribution is -0.192. The molecule has 5 nitrogen and oxygen atoms in total. The lowest BCUT2D eigenvalue weighted by atomic mass is 10.3. The molecule has 0 aromatic carbocycles. The monoisotopic (exact) mass is 248 g/mol. The molecule has 1 aliphatic rings. The predicted molar refractivity (Wildman–Crippen MR) is 40.9 cm³/mol. The number of carbonyl (C=O) groups is 1. The van der Waals surface area contributed by atoms with Gasteiger partial charge in [0, 0.05) is 0 Å². The zero-order valence-corrected chi connectivity index (χ0v) is 8.51. The van der Waals surface area contributed by atoms with E-state index in [1.54, 1.807) is 0 Å². The van der Waals surface area contributed by atoms with Crippen molar-refractivity contribution in [2.75, 3.05) is 6.61 Å². The van der Waals surface area contributed by atoms with Crippen molar-refractivity contribution in [3.8, 4) is 0 Å². The molecule has 1 fully saturated rings. The third kappa shape index (κ3) is 3.48. The van der Waals surface area contributed by atoms with Crippen molar-refractivity contribution in [1.82, 2.24) is 0 Å². The van der Waals surface area contributed by atoms with Crippen LogP contribution < -0.4 is 0 Å². The van der Waals surface area contributed by atoms with Crippen LogP contribution in [-0.4, -0.2) is 24.9 Å². The van der Waals surface area contributed by atoms with Gasteiger partial charge in [-0.15, -0.1) is 0 Å². The first kappa shape index (κ1) is 12.5. The van der Waals surface area contributed by atoms with Gasteiger partial charge in [-0.3, -0.25) is 9.05 Å². The van der Waals surface area contributed by atoms with E-state index < -0.39 is 26.1 Å². The Morgan fingerprint density at radius 3 is 2.60 bits per heavy atom. The van der Waals surface area contributed by atoms with E-state index in [2.05, 4.69) is 13.6 Å². The summed E-state index contributed by atoms with van der Waals surface area (Å²) in [4.78, 5) is 10.4. The average molecular weight is 248 g/mol. The number of hydrogen-bond acceptors (Lipinski definition) is 5. The van der Waals surface area contributed by atoms with Gasteiger partial charge in [0.1, 0.15) is 0 Å². The molecule has 0 aliphatic carbocycles. The molecule has 1 saturated heterocycles. The van der Waals surface area contributed by atoms with Crippen molar-refractivity contribution < 1.29 is 36.1 Å². The zero-order chi connectivity index (χ0) is 11.7. The molecule has 2 atom stereocenters. The van der Waals surface area contributed by atoms with Crippen LogP contribution in [0.1, 0.15) is 13.3 Å². The van der Waals surface area contributed by atoms with Crippen molar-refractivity contribution in [3.63, 3.8) is 0 Å². The normalized spacial score (nSPS) is 32.4. The van der Waals surface area contributed by atoms with Gasteiger partial charge < -0.3 is 4.52 Å². The highest BCUT2D eigenvalue weighted by molar-refractivity contribution is 7.49. The quantitative estimate of drug-likeness (QED) is 0.664. The van der Waals surface area contributed by atoms with Crippen molar-refractivity contribution in [2.24, 2.45) is 0 Å². The first-order valence-electron chi connectivity index (χ1n) is 3.97. The number of alkyl halides is 3. The first-order chi connectivity index (χ1) is 6.73. The lowest BCUT2D eigenvalue weighted by Crippen LogP contribution is -2.27. The second-order valence-corrected chi connectivity index (χ2v) is 4.41. The number of phosphoric ester groups is 1. The van der Waals surface area contributed by atoms with Gasteiger partial charge in [0.05, 0.1) is 12.7 Å². The SMILES string of the molecule is C[C@H]1CCO[P@](=O)(OC(=O)C(F)(F)F)O1. The highest BCUT2D eigenvalue weighted by Crippen LogP contribution is 2.54. The van der Waals surface area contributed by atoms with Crippen molar-refractivity contribution in [3.05, 3.63) is 0 Å². The molecule has 0 bridgehead atoms. The molecule has 0 N–H and O–H groups in total. The maximum atomic E-state index is 11.8. The minimum absolute atomic E-state index is 0.0798. The Morgan fingerprint density at radius 2 is 2.13 bits per heavy atom. The highest BCUT2D eigenvalue weighted by Gasteiger charge is 2.48. The van der Waals surface area contributed by atoms with Crippen LogP contribution in [0.15, 0.2) is 0 Å². The van der Waals surface area contributed by atoms with Crippen molar-refractivity contribution in [2.45, 2.75) is 25.6 Å². The largest absolute Gasteiger partial charge is 0.532 e. The van der Waals surface area contributed by atoms with E-state index in [0.717, 1.165) is 0 Å². The molecule has 0 radical (unpaired) electrons. The fourth-order valence-corrected chi connectivity index (χ4v) is 2.17. The Bertz CT molecular complexity index is 302. The van der Waals surface area contributed by atoms with Crippen LogP contribution in [0.5, 0.6) is 0 Å². The van der Waals surface area contributed by atoms with Gasteiger partial charge in [0.2, 0.25) is 0 Å². The molecular formula is C6H8F3O5P. The number of hydrogen-bond donors (Lipinski definition) is 0. The number of halogens is 3. The van der Waals surface area contributed by atoms with Crippen molar-refractivity contribution >= 4 is 13.8 Å². The highest BCUT2D eigenvalue weighted by atomic mass is 31.2. The first-order valence-corrected chi connectivity index (χ1v) is 5.43. The fourth-order valence-electron chi connectivity index (χ4n) is 0.835. The summed E-state index contributed by atoms with van der Waals surface area (Å²) in [5, 5.41) is 0. The third-order valence-electron chi connectivity index (χ3n) is 1.51. The lowest BCUT2D eigenvalue weighted by Gasteiger charge is -2.25. The van der Waals surface area contributed by atoms with E-state index >= 15 is 0 Å². The minimum Gasteiger partial charge on any atom is -0.364 e. The van der Waals surface area contributed by atoms with Crippen LogP contribution in [0.25, 0.3) is 0 Å². The summed E-state index contributed by atoms with van der Waals surface area (Å²) in [6.07, 6.45) is -5.43. The summed E-state index contributed by atoms with van der Waals surface area (Å²) in [7, 11) is -4.39. The number of phosphoric acid groups is 1. The average Bonchev–Trinajstić information content (AvgIpc) is 2.00. The minimum atomic E-state index is -5.22. The van der Waals surface area contributed by atoms with Crippen LogP contribution in [0.4, 0.5) is 13.2 Å². The van der Waals surface area contributed by atoms with E-state index in [1.165, 1.54) is 6.92 Å². The predicted octanol–water partition coefficient (Wildman–Crippen LogP) is 2.03. The third-order valence-corrected chi connectivity index (χ3v) is 3.02. The Balaban J connectivity index is 2.64. The zero-order valence-electron chi connectivity index (χ0n) is 7.61. The molecule has 88 valence electrons. The van der Waals surface area contributed by atoms with Crippen LogP contribution in [0.3, 0.4) is 0 Å². The molecule has 9 heteroatoms. The fraction of sp³-hybridized carbons (Fsp3) is 0.833. The molecule has 0 amide bonds. The molecule has 15 heavy (non-hydrogen) atoms. The standard InChI is InChI=1S/C6H8F3O5P/c1-4-2-3-12-15(11,13-4)14-5(10)6(7,8)9/h4H,2-3H2,1H3/t4-,15-/m0/s1. The molecule has 1 heterocycles. The summed E-state index contributed by atoms with van der Waals surface area (Å²) in [6, 6.07) is 0. The Labute approximate surface area is 83.1 Å². The van der Waals surface area contributed by atoms with Crippen LogP contribution in [0.2, 0.25) is 0 Å². The van der Waals surface area contributed by atoms with Crippen LogP contribution in [0, 0.1) is 0 Å². The Hall–Kier alpha value is -0.590. The Morgan fingerprint density at radius 1 is 1.53 bits per heavy atom. The van der Waals surface area contributed by atoms with Gasteiger partial charge in [0.15, 0.2) is 0 Å². The molecule has 0 aromatic rings. The van der Waals surface area contributed by atoms with E-state index in [1.807, 2.05) is 0 Å². The smallest absolute Gasteiger partial charge is 0.364 e. The maximum absolute atomic E-state index is 11.8. The summed E-state index contributed by atoms with van der Waals surface area (Å²) >= 11 is 0. The second-order valence-electron chi connectivity index (χ2n) is 2.86. The van der Waals surface area contributed by atoms with E-state index in [-0.39, 0.29) is 6.61 Å². The summed E-state index contributed by atoms with van der Waals surface area (Å²) in [5.74, 6) is -2.58. The topological polar surface area (TPSA) is 61.8 Å². The number of rotatable bonds is 1. The van der Waals surface area contributed by atoms with E-state index in [9.17, 15) is 22.5 Å². The van der Waals surface area contributed by atoms with Gasteiger partial charge in [-0.1, -0.05) is 0 Å².